The molecule has 0 atom stereocenters. The highest BCUT2D eigenvalue weighted by atomic mass is 16.5. The summed E-state index contributed by atoms with van der Waals surface area (Å²) in [6, 6.07) is 16.4. The molecule has 0 radical (unpaired) electrons. The predicted molar refractivity (Wildman–Crippen MR) is 139 cm³/mol. The number of rotatable bonds is 7. The van der Waals surface area contributed by atoms with Crippen LogP contribution in [0.3, 0.4) is 0 Å². The lowest BCUT2D eigenvalue weighted by molar-refractivity contribution is -0.141. The van der Waals surface area contributed by atoms with Gasteiger partial charge in [-0.05, 0) is 38.0 Å². The Kier molecular flexibility index (Phi) is 7.33. The van der Waals surface area contributed by atoms with Gasteiger partial charge in [0.2, 0.25) is 0 Å². The molecule has 0 amide bonds. The highest BCUT2D eigenvalue weighted by Gasteiger charge is 2.24. The fraction of sp³-hybridized carbons (Fsp3) is 0.250. The van der Waals surface area contributed by atoms with Crippen LogP contribution in [0.25, 0.3) is 22.3 Å². The molecule has 0 N–H and O–H groups in total. The first-order valence-electron chi connectivity index (χ1n) is 11.8. The van der Waals surface area contributed by atoms with Gasteiger partial charge in [-0.15, -0.1) is 0 Å². The Labute approximate surface area is 212 Å². The van der Waals surface area contributed by atoms with Crippen LogP contribution in [0.5, 0.6) is 0 Å². The number of methoxy groups -OCH3 is 1. The van der Waals surface area contributed by atoms with Gasteiger partial charge in [0.25, 0.3) is 5.56 Å². The minimum Gasteiger partial charge on any atom is -0.468 e. The molecule has 4 rings (SSSR count). The molecule has 2 aromatic carbocycles. The molecule has 0 aliphatic carbocycles. The molecular formula is C28H27N3O6. The Bertz CT molecular complexity index is 1620. The normalized spacial score (nSPS) is 10.9. The Hall–Kier alpha value is -4.53. The molecule has 4 aromatic rings. The van der Waals surface area contributed by atoms with E-state index in [0.717, 1.165) is 26.8 Å². The highest BCUT2D eigenvalue weighted by Crippen LogP contribution is 2.27. The van der Waals surface area contributed by atoms with Crippen molar-refractivity contribution < 1.29 is 19.1 Å². The van der Waals surface area contributed by atoms with Gasteiger partial charge in [0.05, 0.1) is 36.9 Å². The van der Waals surface area contributed by atoms with Crippen molar-refractivity contribution in [2.45, 2.75) is 33.9 Å². The van der Waals surface area contributed by atoms with E-state index in [2.05, 4.69) is 0 Å². The van der Waals surface area contributed by atoms with Crippen molar-refractivity contribution in [2.75, 3.05) is 13.7 Å². The van der Waals surface area contributed by atoms with E-state index in [9.17, 15) is 19.2 Å². The van der Waals surface area contributed by atoms with Gasteiger partial charge in [-0.1, -0.05) is 54.1 Å². The summed E-state index contributed by atoms with van der Waals surface area (Å²) in [6.45, 7) is 5.08. The summed E-state index contributed by atoms with van der Waals surface area (Å²) >= 11 is 0. The number of hydrogen-bond donors (Lipinski definition) is 0. The average molecular weight is 502 g/mol. The smallest absolute Gasteiger partial charge is 0.339 e. The van der Waals surface area contributed by atoms with Crippen molar-refractivity contribution in [3.63, 3.8) is 0 Å². The van der Waals surface area contributed by atoms with Crippen molar-refractivity contribution in [2.24, 2.45) is 0 Å². The van der Waals surface area contributed by atoms with Gasteiger partial charge in [-0.2, -0.15) is 0 Å². The van der Waals surface area contributed by atoms with Crippen molar-refractivity contribution in [1.82, 2.24) is 14.1 Å². The second-order valence-corrected chi connectivity index (χ2v) is 8.61. The maximum absolute atomic E-state index is 13.6. The fourth-order valence-electron chi connectivity index (χ4n) is 4.25. The van der Waals surface area contributed by atoms with E-state index in [1.165, 1.54) is 17.7 Å². The summed E-state index contributed by atoms with van der Waals surface area (Å²) in [5.41, 5.74) is 2.33. The Balaban J connectivity index is 2.13. The lowest BCUT2D eigenvalue weighted by Gasteiger charge is -2.17. The first-order valence-corrected chi connectivity index (χ1v) is 11.8. The van der Waals surface area contributed by atoms with Crippen LogP contribution < -0.4 is 11.2 Å². The number of benzene rings is 2. The lowest BCUT2D eigenvalue weighted by atomic mass is 10.0. The second-order valence-electron chi connectivity index (χ2n) is 8.61. The van der Waals surface area contributed by atoms with Gasteiger partial charge in [-0.3, -0.25) is 14.2 Å². The minimum absolute atomic E-state index is 0.0282. The number of esters is 2. The van der Waals surface area contributed by atoms with E-state index in [0.29, 0.717) is 5.69 Å². The summed E-state index contributed by atoms with van der Waals surface area (Å²) < 4.78 is 12.0. The minimum atomic E-state index is -0.822. The van der Waals surface area contributed by atoms with E-state index < -0.39 is 29.7 Å². The van der Waals surface area contributed by atoms with E-state index in [1.807, 2.05) is 62.4 Å². The number of fused-ring (bicyclic) bond motifs is 1. The van der Waals surface area contributed by atoms with Crippen LogP contribution in [-0.4, -0.2) is 39.8 Å². The maximum Gasteiger partial charge on any atom is 0.339 e. The monoisotopic (exact) mass is 501 g/mol. The largest absolute Gasteiger partial charge is 0.468 e. The number of ether oxygens (including phenoxy) is 2. The third-order valence-electron chi connectivity index (χ3n) is 6.03. The number of aryl methyl sites for hydroxylation is 2. The average Bonchev–Trinajstić information content (AvgIpc) is 2.89. The number of nitrogens with zero attached hydrogens (tertiary/aromatic N) is 3. The van der Waals surface area contributed by atoms with Crippen LogP contribution in [-0.2, 0) is 27.4 Å². The van der Waals surface area contributed by atoms with Crippen molar-refractivity contribution in [3.05, 3.63) is 97.7 Å². The van der Waals surface area contributed by atoms with E-state index in [-0.39, 0.29) is 29.7 Å². The number of carbonyl (C=O) groups excluding carboxylic acids is 2. The zero-order valence-corrected chi connectivity index (χ0v) is 21.1. The number of hydrogen-bond acceptors (Lipinski definition) is 7. The van der Waals surface area contributed by atoms with Gasteiger partial charge in [0, 0.05) is 5.56 Å². The molecule has 0 fully saturated rings. The first-order chi connectivity index (χ1) is 17.7. The van der Waals surface area contributed by atoms with Gasteiger partial charge in [-0.25, -0.2) is 19.1 Å². The standard InChI is InChI=1S/C28H27N3O6/c1-5-37-27(34)21-14-22(20-12-11-17(2)13-18(20)3)29-25-24(21)26(33)31(16-23(32)36-4)28(35)30(25)15-19-9-7-6-8-10-19/h6-14H,5,15-16H2,1-4H3. The van der Waals surface area contributed by atoms with Crippen LogP contribution >= 0.6 is 0 Å². The van der Waals surface area contributed by atoms with Gasteiger partial charge < -0.3 is 9.47 Å². The SMILES string of the molecule is CCOC(=O)c1cc(-c2ccc(C)cc2C)nc2c1c(=O)n(CC(=O)OC)c(=O)n2Cc1ccccc1. The predicted octanol–water partition coefficient (Wildman–Crippen LogP) is 3.24. The second kappa shape index (κ2) is 10.6. The van der Waals surface area contributed by atoms with Gasteiger partial charge in [0.1, 0.15) is 6.54 Å². The van der Waals surface area contributed by atoms with Crippen molar-refractivity contribution in [1.29, 1.82) is 0 Å². The fourth-order valence-corrected chi connectivity index (χ4v) is 4.25. The molecule has 0 saturated heterocycles. The molecule has 37 heavy (non-hydrogen) atoms. The van der Waals surface area contributed by atoms with Gasteiger partial charge in [0.15, 0.2) is 5.65 Å². The molecule has 9 nitrogen and oxygen atoms in total. The third-order valence-corrected chi connectivity index (χ3v) is 6.03. The molecular weight excluding hydrogens is 474 g/mol. The first kappa shape index (κ1) is 25.6. The Morgan fingerprint density at radius 2 is 1.70 bits per heavy atom. The van der Waals surface area contributed by atoms with Gasteiger partial charge >= 0.3 is 17.6 Å². The third kappa shape index (κ3) is 5.06. The highest BCUT2D eigenvalue weighted by molar-refractivity contribution is 6.03. The quantitative estimate of drug-likeness (QED) is 0.358. The summed E-state index contributed by atoms with van der Waals surface area (Å²) in [4.78, 5) is 57.1. The summed E-state index contributed by atoms with van der Waals surface area (Å²) in [5, 5.41) is -0.105. The molecule has 9 heteroatoms. The maximum atomic E-state index is 13.6. The lowest BCUT2D eigenvalue weighted by Crippen LogP contribution is -2.43. The summed E-state index contributed by atoms with van der Waals surface area (Å²) in [5.74, 6) is -1.50. The Morgan fingerprint density at radius 1 is 0.973 bits per heavy atom. The van der Waals surface area contributed by atoms with E-state index >= 15 is 0 Å². The van der Waals surface area contributed by atoms with Crippen LogP contribution in [0.15, 0.2) is 64.2 Å². The number of aromatic nitrogens is 3. The van der Waals surface area contributed by atoms with E-state index in [4.69, 9.17) is 14.5 Å². The van der Waals surface area contributed by atoms with E-state index in [1.54, 1.807) is 6.92 Å². The molecule has 0 aliphatic heterocycles. The topological polar surface area (TPSA) is 109 Å². The number of carbonyl (C=O) groups is 2. The molecule has 0 bridgehead atoms. The molecule has 0 unspecified atom stereocenters. The Morgan fingerprint density at radius 3 is 2.35 bits per heavy atom. The summed E-state index contributed by atoms with van der Waals surface area (Å²) in [6.07, 6.45) is 0. The molecule has 190 valence electrons. The molecule has 0 spiro atoms. The molecule has 0 saturated carbocycles. The van der Waals surface area contributed by atoms with Crippen LogP contribution in [0.2, 0.25) is 0 Å². The van der Waals surface area contributed by atoms with Crippen LogP contribution in [0.4, 0.5) is 0 Å². The summed E-state index contributed by atoms with van der Waals surface area (Å²) in [7, 11) is 1.17. The number of pyridine rings is 1. The van der Waals surface area contributed by atoms with Crippen molar-refractivity contribution in [3.8, 4) is 11.3 Å². The zero-order chi connectivity index (χ0) is 26.7. The van der Waals surface area contributed by atoms with Crippen LogP contribution in [0, 0.1) is 13.8 Å². The zero-order valence-electron chi connectivity index (χ0n) is 21.1. The molecule has 2 aromatic heterocycles. The van der Waals surface area contributed by atoms with Crippen molar-refractivity contribution >= 4 is 23.0 Å². The molecule has 2 heterocycles. The molecule has 0 aliphatic rings. The van der Waals surface area contributed by atoms with Crippen LogP contribution in [0.1, 0.15) is 34.0 Å².